The molecule has 0 fully saturated rings. The first-order valence-corrected chi connectivity index (χ1v) is 5.97. The van der Waals surface area contributed by atoms with Crippen molar-refractivity contribution >= 4 is 5.69 Å². The number of benzene rings is 1. The van der Waals surface area contributed by atoms with Crippen LogP contribution in [0, 0.1) is 10.1 Å². The van der Waals surface area contributed by atoms with E-state index in [-0.39, 0.29) is 10.6 Å². The van der Waals surface area contributed by atoms with E-state index < -0.39 is 0 Å². The van der Waals surface area contributed by atoms with Crippen LogP contribution in [0.4, 0.5) is 5.69 Å². The third-order valence-electron chi connectivity index (χ3n) is 2.85. The predicted octanol–water partition coefficient (Wildman–Crippen LogP) is 2.02. The molecule has 6 nitrogen and oxygen atoms in total. The van der Waals surface area contributed by atoms with Gasteiger partial charge in [-0.05, 0) is 14.1 Å². The van der Waals surface area contributed by atoms with Crippen molar-refractivity contribution in [2.24, 2.45) is 0 Å². The predicted molar refractivity (Wildman–Crippen MR) is 72.9 cm³/mol. The summed E-state index contributed by atoms with van der Waals surface area (Å²) in [5, 5.41) is 10.8. The van der Waals surface area contributed by atoms with Crippen LogP contribution in [0.15, 0.2) is 36.8 Å². The molecule has 2 rings (SSSR count). The summed E-state index contributed by atoms with van der Waals surface area (Å²) < 4.78 is 2.00. The van der Waals surface area contributed by atoms with Crippen molar-refractivity contribution in [1.82, 2.24) is 14.5 Å². The van der Waals surface area contributed by atoms with Crippen LogP contribution in [0.5, 0.6) is 0 Å². The minimum absolute atomic E-state index is 0.0952. The molecule has 0 unspecified atom stereocenters. The second-order valence-corrected chi connectivity index (χ2v) is 4.58. The monoisotopic (exact) mass is 260 g/mol. The van der Waals surface area contributed by atoms with E-state index in [2.05, 4.69) is 9.88 Å². The van der Waals surface area contributed by atoms with E-state index in [9.17, 15) is 10.1 Å². The van der Waals surface area contributed by atoms with Crippen LogP contribution >= 0.6 is 0 Å². The molecule has 1 aromatic heterocycles. The molecule has 0 amide bonds. The Labute approximate surface area is 111 Å². The standard InChI is InChI=1S/C13H16N4O2/c1-15(2)6-7-16-10-14-9-13(16)11-4-3-5-12(8-11)17(18)19/h3-5,8-10H,6-7H2,1-2H3. The van der Waals surface area contributed by atoms with Gasteiger partial charge in [-0.1, -0.05) is 12.1 Å². The first kappa shape index (κ1) is 13.2. The van der Waals surface area contributed by atoms with Crippen molar-refractivity contribution in [3.05, 3.63) is 46.9 Å². The molecule has 0 saturated carbocycles. The second-order valence-electron chi connectivity index (χ2n) is 4.58. The molecular weight excluding hydrogens is 244 g/mol. The fourth-order valence-corrected chi connectivity index (χ4v) is 1.83. The van der Waals surface area contributed by atoms with E-state index in [1.165, 1.54) is 6.07 Å². The number of nitro groups is 1. The maximum Gasteiger partial charge on any atom is 0.270 e. The Hall–Kier alpha value is -2.21. The Morgan fingerprint density at radius 2 is 2.21 bits per heavy atom. The number of aromatic nitrogens is 2. The number of non-ortho nitro benzene ring substituents is 1. The number of imidazole rings is 1. The van der Waals surface area contributed by atoms with E-state index in [0.717, 1.165) is 24.3 Å². The summed E-state index contributed by atoms with van der Waals surface area (Å²) in [6.07, 6.45) is 3.48. The van der Waals surface area contributed by atoms with E-state index in [1.54, 1.807) is 24.7 Å². The molecule has 2 aromatic rings. The summed E-state index contributed by atoms with van der Waals surface area (Å²) in [5.41, 5.74) is 1.80. The number of rotatable bonds is 5. The highest BCUT2D eigenvalue weighted by Crippen LogP contribution is 2.23. The van der Waals surface area contributed by atoms with Gasteiger partial charge in [0.15, 0.2) is 0 Å². The SMILES string of the molecule is CN(C)CCn1cncc1-c1cccc([N+](=O)[O-])c1. The van der Waals surface area contributed by atoms with Crippen LogP contribution in [-0.4, -0.2) is 40.0 Å². The van der Waals surface area contributed by atoms with Crippen LogP contribution in [0.2, 0.25) is 0 Å². The molecule has 1 aromatic carbocycles. The number of likely N-dealkylation sites (N-methyl/N-ethyl adjacent to an activating group) is 1. The van der Waals surface area contributed by atoms with Gasteiger partial charge in [-0.25, -0.2) is 4.98 Å². The van der Waals surface area contributed by atoms with Crippen molar-refractivity contribution in [2.75, 3.05) is 20.6 Å². The lowest BCUT2D eigenvalue weighted by Gasteiger charge is -2.12. The zero-order valence-electron chi connectivity index (χ0n) is 11.0. The normalized spacial score (nSPS) is 10.9. The molecule has 100 valence electrons. The highest BCUT2D eigenvalue weighted by molar-refractivity contribution is 5.62. The summed E-state index contributed by atoms with van der Waals surface area (Å²) in [6.45, 7) is 1.68. The van der Waals surface area contributed by atoms with E-state index in [1.807, 2.05) is 24.7 Å². The first-order valence-electron chi connectivity index (χ1n) is 5.97. The summed E-state index contributed by atoms with van der Waals surface area (Å²) in [5.74, 6) is 0. The van der Waals surface area contributed by atoms with E-state index in [4.69, 9.17) is 0 Å². The molecule has 0 aliphatic rings. The minimum Gasteiger partial charge on any atom is -0.329 e. The van der Waals surface area contributed by atoms with Gasteiger partial charge in [0.05, 0.1) is 23.1 Å². The average Bonchev–Trinajstić information content (AvgIpc) is 2.84. The van der Waals surface area contributed by atoms with Crippen LogP contribution in [0.1, 0.15) is 0 Å². The van der Waals surface area contributed by atoms with E-state index >= 15 is 0 Å². The fraction of sp³-hybridized carbons (Fsp3) is 0.308. The number of hydrogen-bond donors (Lipinski definition) is 0. The lowest BCUT2D eigenvalue weighted by molar-refractivity contribution is -0.384. The van der Waals surface area contributed by atoms with Crippen molar-refractivity contribution in [1.29, 1.82) is 0 Å². The Morgan fingerprint density at radius 3 is 2.89 bits per heavy atom. The van der Waals surface area contributed by atoms with Crippen LogP contribution in [-0.2, 0) is 6.54 Å². The molecule has 0 spiro atoms. The molecule has 0 radical (unpaired) electrons. The van der Waals surface area contributed by atoms with Crippen molar-refractivity contribution < 1.29 is 4.92 Å². The Bertz CT molecular complexity index is 578. The molecule has 1 heterocycles. The molecule has 0 aliphatic heterocycles. The molecule has 0 bridgehead atoms. The van der Waals surface area contributed by atoms with E-state index in [0.29, 0.717) is 0 Å². The van der Waals surface area contributed by atoms with Gasteiger partial charge in [-0.15, -0.1) is 0 Å². The van der Waals surface area contributed by atoms with Crippen LogP contribution < -0.4 is 0 Å². The molecule has 0 N–H and O–H groups in total. The number of nitro benzene ring substituents is 1. The first-order chi connectivity index (χ1) is 9.08. The second kappa shape index (κ2) is 5.62. The van der Waals surface area contributed by atoms with Gasteiger partial charge < -0.3 is 9.47 Å². The van der Waals surface area contributed by atoms with Gasteiger partial charge in [0.2, 0.25) is 0 Å². The molecule has 0 atom stereocenters. The summed E-state index contributed by atoms with van der Waals surface area (Å²) in [6, 6.07) is 6.61. The number of nitrogens with zero attached hydrogens (tertiary/aromatic N) is 4. The summed E-state index contributed by atoms with van der Waals surface area (Å²) in [7, 11) is 4.01. The highest BCUT2D eigenvalue weighted by Gasteiger charge is 2.10. The Kier molecular flexibility index (Phi) is 3.91. The maximum absolute atomic E-state index is 10.8. The highest BCUT2D eigenvalue weighted by atomic mass is 16.6. The largest absolute Gasteiger partial charge is 0.329 e. The van der Waals surface area contributed by atoms with Crippen LogP contribution in [0.3, 0.4) is 0 Å². The van der Waals surface area contributed by atoms with Gasteiger partial charge in [0, 0.05) is 30.8 Å². The van der Waals surface area contributed by atoms with Crippen molar-refractivity contribution in [3.63, 3.8) is 0 Å². The summed E-state index contributed by atoms with van der Waals surface area (Å²) >= 11 is 0. The molecular formula is C13H16N4O2. The quantitative estimate of drug-likeness (QED) is 0.609. The van der Waals surface area contributed by atoms with Gasteiger partial charge >= 0.3 is 0 Å². The molecule has 0 aliphatic carbocycles. The smallest absolute Gasteiger partial charge is 0.270 e. The average molecular weight is 260 g/mol. The third-order valence-corrected chi connectivity index (χ3v) is 2.85. The zero-order chi connectivity index (χ0) is 13.8. The molecule has 19 heavy (non-hydrogen) atoms. The van der Waals surface area contributed by atoms with Crippen molar-refractivity contribution in [2.45, 2.75) is 6.54 Å². The van der Waals surface area contributed by atoms with Gasteiger partial charge in [-0.2, -0.15) is 0 Å². The number of hydrogen-bond acceptors (Lipinski definition) is 4. The third kappa shape index (κ3) is 3.17. The molecule has 6 heteroatoms. The Morgan fingerprint density at radius 1 is 1.42 bits per heavy atom. The van der Waals surface area contributed by atoms with Crippen molar-refractivity contribution in [3.8, 4) is 11.3 Å². The zero-order valence-corrected chi connectivity index (χ0v) is 11.0. The minimum atomic E-state index is -0.385. The van der Waals surface area contributed by atoms with Gasteiger partial charge in [0.25, 0.3) is 5.69 Å². The van der Waals surface area contributed by atoms with Crippen LogP contribution in [0.25, 0.3) is 11.3 Å². The fourth-order valence-electron chi connectivity index (χ4n) is 1.83. The summed E-state index contributed by atoms with van der Waals surface area (Å²) in [4.78, 5) is 16.6. The topological polar surface area (TPSA) is 64.2 Å². The lowest BCUT2D eigenvalue weighted by Crippen LogP contribution is -2.18. The molecule has 0 saturated heterocycles. The lowest BCUT2D eigenvalue weighted by atomic mass is 10.1. The van der Waals surface area contributed by atoms with Gasteiger partial charge in [0.1, 0.15) is 0 Å². The Balaban J connectivity index is 2.29. The maximum atomic E-state index is 10.8. The van der Waals surface area contributed by atoms with Gasteiger partial charge in [-0.3, -0.25) is 10.1 Å².